The standard InChI is InChI=1S/C22H26N6O/c1-4-26(12-18-8-6-5-7-9-18)22(29)19-13-27(14-19)20-11-21(24-15-23-20)28-17(3)10-16(2)25-28/h5-11,15,19H,4,12-14H2,1-3H3. The molecule has 1 aliphatic rings. The maximum absolute atomic E-state index is 12.9. The van der Waals surface area contributed by atoms with E-state index in [0.717, 1.165) is 28.6 Å². The normalized spacial score (nSPS) is 14.0. The summed E-state index contributed by atoms with van der Waals surface area (Å²) < 4.78 is 1.82. The molecule has 0 atom stereocenters. The van der Waals surface area contributed by atoms with Crippen LogP contribution in [-0.4, -0.2) is 50.2 Å². The number of hydrogen-bond donors (Lipinski definition) is 0. The van der Waals surface area contributed by atoms with Crippen LogP contribution < -0.4 is 4.90 Å². The van der Waals surface area contributed by atoms with Crippen molar-refractivity contribution in [2.24, 2.45) is 5.92 Å². The third-order valence-corrected chi connectivity index (χ3v) is 5.33. The number of carbonyl (C=O) groups is 1. The van der Waals surface area contributed by atoms with Gasteiger partial charge in [0.15, 0.2) is 5.82 Å². The van der Waals surface area contributed by atoms with Gasteiger partial charge in [-0.05, 0) is 32.4 Å². The second-order valence-electron chi connectivity index (χ2n) is 7.51. The smallest absolute Gasteiger partial charge is 0.229 e. The Morgan fingerprint density at radius 3 is 2.48 bits per heavy atom. The van der Waals surface area contributed by atoms with Crippen molar-refractivity contribution >= 4 is 11.7 Å². The maximum atomic E-state index is 12.9. The molecule has 3 aromatic rings. The quantitative estimate of drug-likeness (QED) is 0.647. The van der Waals surface area contributed by atoms with Gasteiger partial charge in [0.25, 0.3) is 0 Å². The highest BCUT2D eigenvalue weighted by molar-refractivity contribution is 5.82. The van der Waals surface area contributed by atoms with Crippen LogP contribution in [0.25, 0.3) is 5.82 Å². The minimum atomic E-state index is 0.00533. The monoisotopic (exact) mass is 390 g/mol. The van der Waals surface area contributed by atoms with Crippen molar-refractivity contribution in [3.63, 3.8) is 0 Å². The molecular weight excluding hydrogens is 364 g/mol. The van der Waals surface area contributed by atoms with Gasteiger partial charge in [0.2, 0.25) is 5.91 Å². The summed E-state index contributed by atoms with van der Waals surface area (Å²) in [6.45, 7) is 8.72. The number of carbonyl (C=O) groups excluding carboxylic acids is 1. The molecule has 1 fully saturated rings. The van der Waals surface area contributed by atoms with E-state index in [1.165, 1.54) is 0 Å². The fraction of sp³-hybridized carbons (Fsp3) is 0.364. The average Bonchev–Trinajstić information content (AvgIpc) is 3.04. The van der Waals surface area contributed by atoms with E-state index in [-0.39, 0.29) is 11.8 Å². The molecule has 1 aromatic carbocycles. The first-order chi connectivity index (χ1) is 14.0. The molecule has 29 heavy (non-hydrogen) atoms. The van der Waals surface area contributed by atoms with E-state index in [2.05, 4.69) is 32.1 Å². The number of aromatic nitrogens is 4. The molecule has 4 rings (SSSR count). The van der Waals surface area contributed by atoms with Gasteiger partial charge in [-0.15, -0.1) is 0 Å². The summed E-state index contributed by atoms with van der Waals surface area (Å²) in [5.41, 5.74) is 3.14. The summed E-state index contributed by atoms with van der Waals surface area (Å²) >= 11 is 0. The van der Waals surface area contributed by atoms with Gasteiger partial charge >= 0.3 is 0 Å². The van der Waals surface area contributed by atoms with Gasteiger partial charge in [-0.1, -0.05) is 30.3 Å². The number of benzene rings is 1. The predicted octanol–water partition coefficient (Wildman–Crippen LogP) is 2.76. The molecular formula is C22H26N6O. The Kier molecular flexibility index (Phi) is 5.29. The molecule has 7 nitrogen and oxygen atoms in total. The van der Waals surface area contributed by atoms with Crippen LogP contribution in [0.2, 0.25) is 0 Å². The first kappa shape index (κ1) is 19.1. The Morgan fingerprint density at radius 2 is 1.83 bits per heavy atom. The van der Waals surface area contributed by atoms with Crippen molar-refractivity contribution in [3.05, 3.63) is 65.7 Å². The zero-order chi connectivity index (χ0) is 20.4. The molecule has 7 heteroatoms. The lowest BCUT2D eigenvalue weighted by Crippen LogP contribution is -2.54. The lowest BCUT2D eigenvalue weighted by molar-refractivity contribution is -0.136. The fourth-order valence-electron chi connectivity index (χ4n) is 3.72. The van der Waals surface area contributed by atoms with E-state index in [1.54, 1.807) is 6.33 Å². The van der Waals surface area contributed by atoms with Crippen molar-refractivity contribution < 1.29 is 4.79 Å². The Morgan fingerprint density at radius 1 is 1.10 bits per heavy atom. The van der Waals surface area contributed by atoms with Gasteiger partial charge in [-0.25, -0.2) is 14.6 Å². The predicted molar refractivity (Wildman–Crippen MR) is 112 cm³/mol. The Hall–Kier alpha value is -3.22. The van der Waals surface area contributed by atoms with Crippen LogP contribution in [0.1, 0.15) is 23.9 Å². The lowest BCUT2D eigenvalue weighted by Gasteiger charge is -2.41. The molecule has 0 N–H and O–H groups in total. The molecule has 0 bridgehead atoms. The number of amides is 1. The summed E-state index contributed by atoms with van der Waals surface area (Å²) in [4.78, 5) is 25.7. The topological polar surface area (TPSA) is 67.2 Å². The third-order valence-electron chi connectivity index (χ3n) is 5.33. The van der Waals surface area contributed by atoms with Gasteiger partial charge in [0.05, 0.1) is 11.6 Å². The highest BCUT2D eigenvalue weighted by Gasteiger charge is 2.36. The van der Waals surface area contributed by atoms with Gasteiger partial charge in [-0.2, -0.15) is 5.10 Å². The summed E-state index contributed by atoms with van der Waals surface area (Å²) in [5.74, 6) is 1.79. The molecule has 3 heterocycles. The second kappa shape index (κ2) is 8.03. The van der Waals surface area contributed by atoms with Crippen LogP contribution in [-0.2, 0) is 11.3 Å². The Balaban J connectivity index is 1.41. The van der Waals surface area contributed by atoms with Crippen LogP contribution in [0.5, 0.6) is 0 Å². The van der Waals surface area contributed by atoms with Crippen molar-refractivity contribution in [1.82, 2.24) is 24.6 Å². The van der Waals surface area contributed by atoms with Crippen LogP contribution in [0.3, 0.4) is 0 Å². The van der Waals surface area contributed by atoms with Gasteiger partial charge in [0.1, 0.15) is 12.1 Å². The summed E-state index contributed by atoms with van der Waals surface area (Å²) in [6, 6.07) is 14.1. The first-order valence-corrected chi connectivity index (χ1v) is 9.98. The largest absolute Gasteiger partial charge is 0.355 e. The van der Waals surface area contributed by atoms with Crippen LogP contribution >= 0.6 is 0 Å². The number of rotatable bonds is 6. The molecule has 0 radical (unpaired) electrons. The Labute approximate surface area is 171 Å². The molecule has 1 aliphatic heterocycles. The maximum Gasteiger partial charge on any atom is 0.229 e. The van der Waals surface area contributed by atoms with Crippen molar-refractivity contribution in [3.8, 4) is 5.82 Å². The summed E-state index contributed by atoms with van der Waals surface area (Å²) in [7, 11) is 0. The van der Waals surface area contributed by atoms with Crippen molar-refractivity contribution in [2.45, 2.75) is 27.3 Å². The summed E-state index contributed by atoms with van der Waals surface area (Å²) in [6.07, 6.45) is 1.56. The van der Waals surface area contributed by atoms with Crippen LogP contribution in [0.15, 0.2) is 48.8 Å². The van der Waals surface area contributed by atoms with Crippen LogP contribution in [0, 0.1) is 19.8 Å². The van der Waals surface area contributed by atoms with E-state index in [9.17, 15) is 4.79 Å². The average molecular weight is 390 g/mol. The van der Waals surface area contributed by atoms with Gasteiger partial charge in [-0.3, -0.25) is 4.79 Å². The molecule has 0 aliphatic carbocycles. The van der Waals surface area contributed by atoms with Crippen LogP contribution in [0.4, 0.5) is 5.82 Å². The number of anilines is 1. The van der Waals surface area contributed by atoms with E-state index in [0.29, 0.717) is 26.2 Å². The summed E-state index contributed by atoms with van der Waals surface area (Å²) in [5, 5.41) is 4.49. The fourth-order valence-corrected chi connectivity index (χ4v) is 3.72. The first-order valence-electron chi connectivity index (χ1n) is 9.98. The molecule has 0 saturated carbocycles. The molecule has 150 valence electrons. The SMILES string of the molecule is CCN(Cc1ccccc1)C(=O)C1CN(c2cc(-n3nc(C)cc3C)ncn2)C1. The third kappa shape index (κ3) is 3.99. The van der Waals surface area contributed by atoms with E-state index < -0.39 is 0 Å². The van der Waals surface area contributed by atoms with E-state index in [1.807, 2.05) is 60.7 Å². The minimum absolute atomic E-state index is 0.00533. The highest BCUT2D eigenvalue weighted by Crippen LogP contribution is 2.26. The van der Waals surface area contributed by atoms with E-state index in [4.69, 9.17) is 0 Å². The zero-order valence-corrected chi connectivity index (χ0v) is 17.1. The number of hydrogen-bond acceptors (Lipinski definition) is 5. The van der Waals surface area contributed by atoms with Gasteiger partial charge < -0.3 is 9.80 Å². The number of aryl methyl sites for hydroxylation is 2. The highest BCUT2D eigenvalue weighted by atomic mass is 16.2. The molecule has 0 unspecified atom stereocenters. The molecule has 0 spiro atoms. The molecule has 2 aromatic heterocycles. The number of nitrogens with zero attached hydrogens (tertiary/aromatic N) is 6. The molecule has 1 amide bonds. The van der Waals surface area contributed by atoms with Crippen molar-refractivity contribution in [2.75, 3.05) is 24.5 Å². The minimum Gasteiger partial charge on any atom is -0.355 e. The second-order valence-corrected chi connectivity index (χ2v) is 7.51. The lowest BCUT2D eigenvalue weighted by atomic mass is 9.98. The Bertz CT molecular complexity index is 994. The van der Waals surface area contributed by atoms with Gasteiger partial charge in [0, 0.05) is 37.9 Å². The zero-order valence-electron chi connectivity index (χ0n) is 17.1. The van der Waals surface area contributed by atoms with Crippen molar-refractivity contribution in [1.29, 1.82) is 0 Å². The molecule has 1 saturated heterocycles. The van der Waals surface area contributed by atoms with E-state index >= 15 is 0 Å².